The van der Waals surface area contributed by atoms with E-state index in [-0.39, 0.29) is 17.9 Å². The van der Waals surface area contributed by atoms with Crippen LogP contribution in [-0.4, -0.2) is 22.1 Å². The van der Waals surface area contributed by atoms with Crippen molar-refractivity contribution in [1.29, 1.82) is 0 Å². The lowest BCUT2D eigenvalue weighted by Crippen LogP contribution is -2.25. The summed E-state index contributed by atoms with van der Waals surface area (Å²) in [7, 11) is 0. The molecule has 0 bridgehead atoms. The number of benzene rings is 1. The van der Waals surface area contributed by atoms with Crippen LogP contribution in [0.2, 0.25) is 0 Å². The number of anilines is 1. The number of nitrogens with zero attached hydrogens (tertiary/aromatic N) is 2. The maximum atomic E-state index is 12.0. The van der Waals surface area contributed by atoms with Gasteiger partial charge in [-0.3, -0.25) is 4.79 Å². The third kappa shape index (κ3) is 1.97. The van der Waals surface area contributed by atoms with Crippen LogP contribution in [0.15, 0.2) is 35.0 Å². The molecule has 3 rings (SSSR count). The Morgan fingerprint density at radius 1 is 1.42 bits per heavy atom. The number of rotatable bonds is 3. The molecule has 1 aromatic heterocycles. The molecule has 0 atom stereocenters. The summed E-state index contributed by atoms with van der Waals surface area (Å²) in [5.41, 5.74) is 1.64. The number of carboxylic acids is 1. The highest BCUT2D eigenvalue weighted by molar-refractivity contribution is 6.02. The first-order valence-electron chi connectivity index (χ1n) is 5.71. The van der Waals surface area contributed by atoms with Crippen molar-refractivity contribution >= 4 is 17.6 Å². The quantitative estimate of drug-likeness (QED) is 0.901. The van der Waals surface area contributed by atoms with Gasteiger partial charge in [0.25, 0.3) is 0 Å². The van der Waals surface area contributed by atoms with Crippen LogP contribution in [-0.2, 0) is 17.8 Å². The molecule has 0 spiro atoms. The van der Waals surface area contributed by atoms with Crippen LogP contribution in [0.25, 0.3) is 0 Å². The number of hydrogen-bond donors (Lipinski definition) is 1. The van der Waals surface area contributed by atoms with Gasteiger partial charge in [0.1, 0.15) is 0 Å². The van der Waals surface area contributed by atoms with Gasteiger partial charge in [-0.2, -0.15) is 0 Å². The number of fused-ring (bicyclic) bond motifs is 1. The Balaban J connectivity index is 1.94. The van der Waals surface area contributed by atoms with Crippen molar-refractivity contribution in [2.24, 2.45) is 0 Å². The van der Waals surface area contributed by atoms with Gasteiger partial charge in [0.15, 0.2) is 5.76 Å². The molecule has 0 saturated carbocycles. The zero-order chi connectivity index (χ0) is 13.4. The second-order valence-electron chi connectivity index (χ2n) is 4.28. The van der Waals surface area contributed by atoms with E-state index in [1.807, 2.05) is 0 Å². The smallest absolute Gasteiger partial charge is 0.335 e. The molecule has 2 heterocycles. The van der Waals surface area contributed by atoms with E-state index in [0.29, 0.717) is 12.3 Å². The highest BCUT2D eigenvalue weighted by Crippen LogP contribution is 2.31. The van der Waals surface area contributed by atoms with E-state index in [2.05, 4.69) is 5.16 Å². The highest BCUT2D eigenvalue weighted by atomic mass is 16.5. The number of carbonyl (C=O) groups excluding carboxylic acids is 1. The molecule has 6 nitrogen and oxygen atoms in total. The fraction of sp³-hybridized carbons (Fsp3) is 0.154. The third-order valence-corrected chi connectivity index (χ3v) is 3.07. The van der Waals surface area contributed by atoms with Crippen LogP contribution in [0.1, 0.15) is 21.7 Å². The van der Waals surface area contributed by atoms with E-state index in [1.54, 1.807) is 17.0 Å². The number of aromatic carboxylic acids is 1. The van der Waals surface area contributed by atoms with Crippen molar-refractivity contribution in [1.82, 2.24) is 5.16 Å². The lowest BCUT2D eigenvalue weighted by Gasteiger charge is -2.15. The van der Waals surface area contributed by atoms with Gasteiger partial charge >= 0.3 is 5.97 Å². The van der Waals surface area contributed by atoms with Crippen molar-refractivity contribution in [2.75, 3.05) is 4.90 Å². The molecule has 19 heavy (non-hydrogen) atoms. The second-order valence-corrected chi connectivity index (χ2v) is 4.28. The molecule has 0 radical (unpaired) electrons. The van der Waals surface area contributed by atoms with Crippen molar-refractivity contribution in [3.05, 3.63) is 47.3 Å². The summed E-state index contributed by atoms with van der Waals surface area (Å²) in [5.74, 6) is -0.485. The zero-order valence-corrected chi connectivity index (χ0v) is 9.87. The molecule has 0 unspecified atom stereocenters. The molecule has 1 aliphatic rings. The fourth-order valence-corrected chi connectivity index (χ4v) is 2.17. The number of hydrogen-bond acceptors (Lipinski definition) is 4. The Hall–Kier alpha value is -2.63. The van der Waals surface area contributed by atoms with Gasteiger partial charge in [-0.25, -0.2) is 4.79 Å². The molecular formula is C13H10N2O4. The Morgan fingerprint density at radius 2 is 2.26 bits per heavy atom. The van der Waals surface area contributed by atoms with Gasteiger partial charge in [-0.1, -0.05) is 5.16 Å². The van der Waals surface area contributed by atoms with Crippen molar-refractivity contribution < 1.29 is 19.2 Å². The summed E-state index contributed by atoms with van der Waals surface area (Å²) in [4.78, 5) is 24.4. The first kappa shape index (κ1) is 11.5. The molecule has 6 heteroatoms. The second kappa shape index (κ2) is 4.24. The zero-order valence-electron chi connectivity index (χ0n) is 9.87. The minimum absolute atomic E-state index is 0.0751. The Labute approximate surface area is 108 Å². The fourth-order valence-electron chi connectivity index (χ4n) is 2.17. The highest BCUT2D eigenvalue weighted by Gasteiger charge is 2.28. The van der Waals surface area contributed by atoms with E-state index in [4.69, 9.17) is 9.63 Å². The van der Waals surface area contributed by atoms with E-state index >= 15 is 0 Å². The summed E-state index contributed by atoms with van der Waals surface area (Å²) in [6, 6.07) is 6.38. The van der Waals surface area contributed by atoms with Gasteiger partial charge in [-0.05, 0) is 23.8 Å². The first-order valence-corrected chi connectivity index (χ1v) is 5.71. The van der Waals surface area contributed by atoms with E-state index in [1.165, 1.54) is 18.3 Å². The maximum absolute atomic E-state index is 12.0. The lowest BCUT2D eigenvalue weighted by atomic mass is 10.1. The van der Waals surface area contributed by atoms with Crippen LogP contribution in [0, 0.1) is 0 Å². The SMILES string of the molecule is O=C(O)c1ccc2c(c1)CC(=O)N2Cc1ccno1. The Kier molecular flexibility index (Phi) is 2.56. The Bertz CT molecular complexity index is 649. The maximum Gasteiger partial charge on any atom is 0.335 e. The molecule has 0 saturated heterocycles. The van der Waals surface area contributed by atoms with Gasteiger partial charge < -0.3 is 14.5 Å². The largest absolute Gasteiger partial charge is 0.478 e. The van der Waals surface area contributed by atoms with Gasteiger partial charge in [-0.15, -0.1) is 0 Å². The van der Waals surface area contributed by atoms with Crippen molar-refractivity contribution in [2.45, 2.75) is 13.0 Å². The third-order valence-electron chi connectivity index (χ3n) is 3.07. The minimum Gasteiger partial charge on any atom is -0.478 e. The average molecular weight is 258 g/mol. The predicted octanol–water partition coefficient (Wildman–Crippen LogP) is 1.46. The van der Waals surface area contributed by atoms with Gasteiger partial charge in [0.05, 0.1) is 24.7 Å². The summed E-state index contributed by atoms with van der Waals surface area (Å²) in [5, 5.41) is 12.5. The molecular weight excluding hydrogens is 248 g/mol. The molecule has 1 amide bonds. The molecule has 1 aromatic carbocycles. The van der Waals surface area contributed by atoms with Gasteiger partial charge in [0.2, 0.25) is 5.91 Å². The van der Waals surface area contributed by atoms with E-state index in [0.717, 1.165) is 11.3 Å². The molecule has 1 aliphatic heterocycles. The van der Waals surface area contributed by atoms with Gasteiger partial charge in [0, 0.05) is 11.8 Å². The van der Waals surface area contributed by atoms with E-state index < -0.39 is 5.97 Å². The average Bonchev–Trinajstić information content (AvgIpc) is 2.98. The number of aromatic nitrogens is 1. The van der Waals surface area contributed by atoms with Crippen molar-refractivity contribution in [3.63, 3.8) is 0 Å². The molecule has 0 aliphatic carbocycles. The number of amides is 1. The monoisotopic (exact) mass is 258 g/mol. The lowest BCUT2D eigenvalue weighted by molar-refractivity contribution is -0.117. The summed E-state index contributed by atoms with van der Waals surface area (Å²) in [6.45, 7) is 0.304. The molecule has 2 aromatic rings. The topological polar surface area (TPSA) is 83.6 Å². The Morgan fingerprint density at radius 3 is 2.95 bits per heavy atom. The number of carbonyl (C=O) groups is 2. The van der Waals surface area contributed by atoms with Crippen LogP contribution < -0.4 is 4.90 Å². The molecule has 96 valence electrons. The normalized spacial score (nSPS) is 13.7. The van der Waals surface area contributed by atoms with Crippen molar-refractivity contribution in [3.8, 4) is 0 Å². The minimum atomic E-state index is -0.996. The standard InChI is InChI=1S/C13H10N2O4/c16-12-6-9-5-8(13(17)18)1-2-11(9)15(12)7-10-3-4-14-19-10/h1-5H,6-7H2,(H,17,18). The first-order chi connectivity index (χ1) is 9.15. The molecule has 1 N–H and O–H groups in total. The predicted molar refractivity (Wildman–Crippen MR) is 64.8 cm³/mol. The van der Waals surface area contributed by atoms with Crippen LogP contribution >= 0.6 is 0 Å². The number of carboxylic acid groups (broad SMARTS) is 1. The summed E-state index contributed by atoms with van der Waals surface area (Å²) in [6.07, 6.45) is 1.73. The van der Waals surface area contributed by atoms with E-state index in [9.17, 15) is 9.59 Å². The van der Waals surface area contributed by atoms with Crippen LogP contribution in [0.4, 0.5) is 5.69 Å². The molecule has 0 fully saturated rings. The van der Waals surface area contributed by atoms with Crippen LogP contribution in [0.3, 0.4) is 0 Å². The summed E-state index contributed by atoms with van der Waals surface area (Å²) >= 11 is 0. The van der Waals surface area contributed by atoms with Crippen LogP contribution in [0.5, 0.6) is 0 Å². The summed E-state index contributed by atoms with van der Waals surface area (Å²) < 4.78 is 4.98.